The number of aryl methyl sites for hydroxylation is 1. The van der Waals surface area contributed by atoms with Crippen LogP contribution in [-0.4, -0.2) is 54.8 Å². The molecule has 0 saturated carbocycles. The van der Waals surface area contributed by atoms with Crippen LogP contribution < -0.4 is 15.5 Å². The molecule has 8 heteroatoms. The minimum atomic E-state index is 0.252. The van der Waals surface area contributed by atoms with Gasteiger partial charge in [-0.3, -0.25) is 0 Å². The summed E-state index contributed by atoms with van der Waals surface area (Å²) in [6.07, 6.45) is 3.06. The summed E-state index contributed by atoms with van der Waals surface area (Å²) in [5.41, 5.74) is 2.22. The number of ether oxygens (including phenoxy) is 1. The largest absolute Gasteiger partial charge is 0.375 e. The molecule has 2 aromatic heterocycles. The van der Waals surface area contributed by atoms with E-state index in [0.717, 1.165) is 67.2 Å². The molecule has 0 radical (unpaired) electrons. The molecule has 1 fully saturated rings. The van der Waals surface area contributed by atoms with Crippen LogP contribution in [0.1, 0.15) is 30.1 Å². The summed E-state index contributed by atoms with van der Waals surface area (Å²) < 4.78 is 5.60. The fourth-order valence-corrected chi connectivity index (χ4v) is 3.72. The molecule has 0 aliphatic carbocycles. The van der Waals surface area contributed by atoms with Gasteiger partial charge in [0.1, 0.15) is 5.82 Å². The van der Waals surface area contributed by atoms with Crippen molar-refractivity contribution >= 4 is 23.1 Å². The van der Waals surface area contributed by atoms with Gasteiger partial charge in [-0.05, 0) is 32.4 Å². The Morgan fingerprint density at radius 3 is 2.96 bits per heavy atom. The SMILES string of the molecule is CCNC(=NCc1ccc(N2CCOC(C)C2)nc1)NCCc1csc(C)n1. The minimum absolute atomic E-state index is 0.252. The van der Waals surface area contributed by atoms with Crippen LogP contribution in [0.4, 0.5) is 5.82 Å². The predicted octanol–water partition coefficient (Wildman–Crippen LogP) is 2.37. The summed E-state index contributed by atoms with van der Waals surface area (Å²) in [4.78, 5) is 16.1. The first-order valence-electron chi connectivity index (χ1n) is 9.88. The molecule has 1 saturated heterocycles. The topological polar surface area (TPSA) is 74.7 Å². The molecule has 0 aromatic carbocycles. The maximum atomic E-state index is 5.60. The number of hydrogen-bond acceptors (Lipinski definition) is 6. The molecule has 0 amide bonds. The Hall–Kier alpha value is -2.19. The highest BCUT2D eigenvalue weighted by atomic mass is 32.1. The van der Waals surface area contributed by atoms with Crippen LogP contribution in [0.15, 0.2) is 28.7 Å². The lowest BCUT2D eigenvalue weighted by Crippen LogP contribution is -2.41. The van der Waals surface area contributed by atoms with Crippen molar-refractivity contribution in [3.8, 4) is 0 Å². The highest BCUT2D eigenvalue weighted by Gasteiger charge is 2.17. The van der Waals surface area contributed by atoms with Crippen molar-refractivity contribution < 1.29 is 4.74 Å². The summed E-state index contributed by atoms with van der Waals surface area (Å²) in [7, 11) is 0. The predicted molar refractivity (Wildman–Crippen MR) is 115 cm³/mol. The Kier molecular flexibility index (Phi) is 7.62. The van der Waals surface area contributed by atoms with Crippen LogP contribution in [-0.2, 0) is 17.7 Å². The van der Waals surface area contributed by atoms with E-state index in [1.54, 1.807) is 11.3 Å². The second kappa shape index (κ2) is 10.4. The van der Waals surface area contributed by atoms with Crippen molar-refractivity contribution in [1.82, 2.24) is 20.6 Å². The van der Waals surface area contributed by atoms with Crippen molar-refractivity contribution in [2.24, 2.45) is 4.99 Å². The number of nitrogens with zero attached hydrogens (tertiary/aromatic N) is 4. The number of thiazole rings is 1. The van der Waals surface area contributed by atoms with Gasteiger partial charge in [-0.25, -0.2) is 15.0 Å². The van der Waals surface area contributed by atoms with Crippen LogP contribution >= 0.6 is 11.3 Å². The first-order chi connectivity index (χ1) is 13.6. The lowest BCUT2D eigenvalue weighted by atomic mass is 10.2. The second-order valence-electron chi connectivity index (χ2n) is 6.88. The van der Waals surface area contributed by atoms with Gasteiger partial charge < -0.3 is 20.3 Å². The highest BCUT2D eigenvalue weighted by Crippen LogP contribution is 2.15. The quantitative estimate of drug-likeness (QED) is 0.547. The van der Waals surface area contributed by atoms with Crippen LogP contribution in [0.25, 0.3) is 0 Å². The maximum absolute atomic E-state index is 5.60. The number of pyridine rings is 1. The molecule has 1 unspecified atom stereocenters. The van der Waals surface area contributed by atoms with E-state index < -0.39 is 0 Å². The van der Waals surface area contributed by atoms with E-state index >= 15 is 0 Å². The summed E-state index contributed by atoms with van der Waals surface area (Å²) in [5, 5.41) is 9.89. The fourth-order valence-electron chi connectivity index (χ4n) is 3.07. The fraction of sp³-hybridized carbons (Fsp3) is 0.550. The van der Waals surface area contributed by atoms with Gasteiger partial charge in [-0.1, -0.05) is 6.07 Å². The smallest absolute Gasteiger partial charge is 0.191 e. The molecule has 1 atom stereocenters. The van der Waals surface area contributed by atoms with E-state index in [2.05, 4.69) is 61.9 Å². The molecule has 1 aliphatic rings. The molecule has 1 aliphatic heterocycles. The lowest BCUT2D eigenvalue weighted by Gasteiger charge is -2.32. The van der Waals surface area contributed by atoms with E-state index in [-0.39, 0.29) is 6.10 Å². The molecule has 2 N–H and O–H groups in total. The second-order valence-corrected chi connectivity index (χ2v) is 7.94. The number of rotatable bonds is 7. The third-order valence-electron chi connectivity index (χ3n) is 4.48. The Bertz CT molecular complexity index is 760. The van der Waals surface area contributed by atoms with Crippen molar-refractivity contribution in [2.75, 3.05) is 37.7 Å². The average molecular weight is 403 g/mol. The first-order valence-corrected chi connectivity index (χ1v) is 10.8. The van der Waals surface area contributed by atoms with Crippen molar-refractivity contribution in [3.63, 3.8) is 0 Å². The first kappa shape index (κ1) is 20.5. The monoisotopic (exact) mass is 402 g/mol. The number of hydrogen-bond donors (Lipinski definition) is 2. The van der Waals surface area contributed by atoms with Gasteiger partial charge in [-0.2, -0.15) is 0 Å². The van der Waals surface area contributed by atoms with Gasteiger partial charge in [-0.15, -0.1) is 11.3 Å². The highest BCUT2D eigenvalue weighted by molar-refractivity contribution is 7.09. The van der Waals surface area contributed by atoms with E-state index in [9.17, 15) is 0 Å². The lowest BCUT2D eigenvalue weighted by molar-refractivity contribution is 0.0529. The van der Waals surface area contributed by atoms with Crippen LogP contribution in [0.3, 0.4) is 0 Å². The molecule has 7 nitrogen and oxygen atoms in total. The van der Waals surface area contributed by atoms with Crippen molar-refractivity contribution in [2.45, 2.75) is 39.8 Å². The summed E-state index contributed by atoms with van der Waals surface area (Å²) in [6.45, 7) is 11.0. The van der Waals surface area contributed by atoms with Gasteiger partial charge in [0.2, 0.25) is 0 Å². The molecule has 0 bridgehead atoms. The van der Waals surface area contributed by atoms with E-state index in [1.807, 2.05) is 13.1 Å². The van der Waals surface area contributed by atoms with E-state index in [4.69, 9.17) is 4.74 Å². The summed E-state index contributed by atoms with van der Waals surface area (Å²) in [5.74, 6) is 1.83. The number of anilines is 1. The van der Waals surface area contributed by atoms with Gasteiger partial charge in [0.25, 0.3) is 0 Å². The summed E-state index contributed by atoms with van der Waals surface area (Å²) >= 11 is 1.69. The Morgan fingerprint density at radius 2 is 2.29 bits per heavy atom. The van der Waals surface area contributed by atoms with Crippen molar-refractivity contribution in [1.29, 1.82) is 0 Å². The van der Waals surface area contributed by atoms with E-state index in [0.29, 0.717) is 6.54 Å². The standard InChI is InChI=1S/C20H30N6OS/c1-4-21-20(22-8-7-18-14-28-16(3)25-18)24-12-17-5-6-19(23-11-17)26-9-10-27-15(2)13-26/h5-6,11,14-15H,4,7-10,12-13H2,1-3H3,(H2,21,22,24). The Labute approximate surface area is 171 Å². The molecule has 3 heterocycles. The molecular weight excluding hydrogens is 372 g/mol. The van der Waals surface area contributed by atoms with Crippen molar-refractivity contribution in [3.05, 3.63) is 40.0 Å². The van der Waals surface area contributed by atoms with Gasteiger partial charge in [0.15, 0.2) is 5.96 Å². The normalized spacial score (nSPS) is 17.6. The molecule has 0 spiro atoms. The third-order valence-corrected chi connectivity index (χ3v) is 5.30. The molecular formula is C20H30N6OS. The molecule has 28 heavy (non-hydrogen) atoms. The minimum Gasteiger partial charge on any atom is -0.375 e. The van der Waals surface area contributed by atoms with E-state index in [1.165, 1.54) is 0 Å². The molecule has 152 valence electrons. The zero-order valence-corrected chi connectivity index (χ0v) is 17.8. The average Bonchev–Trinajstić information content (AvgIpc) is 3.11. The number of aromatic nitrogens is 2. The molecule has 2 aromatic rings. The number of nitrogens with one attached hydrogen (secondary N) is 2. The number of guanidine groups is 1. The Morgan fingerprint density at radius 1 is 1.39 bits per heavy atom. The zero-order chi connectivity index (χ0) is 19.8. The zero-order valence-electron chi connectivity index (χ0n) is 16.9. The van der Waals surface area contributed by atoms with Crippen LogP contribution in [0, 0.1) is 6.92 Å². The Balaban J connectivity index is 1.51. The van der Waals surface area contributed by atoms with Gasteiger partial charge >= 0.3 is 0 Å². The number of aliphatic imine (C=N–C) groups is 1. The van der Waals surface area contributed by atoms with Crippen LogP contribution in [0.2, 0.25) is 0 Å². The maximum Gasteiger partial charge on any atom is 0.191 e. The summed E-state index contributed by atoms with van der Waals surface area (Å²) in [6, 6.07) is 4.18. The number of morpholine rings is 1. The molecule has 3 rings (SSSR count). The van der Waals surface area contributed by atoms with Crippen LogP contribution in [0.5, 0.6) is 0 Å². The van der Waals surface area contributed by atoms with Gasteiger partial charge in [0.05, 0.1) is 30.0 Å². The van der Waals surface area contributed by atoms with Gasteiger partial charge in [0, 0.05) is 44.2 Å². The third kappa shape index (κ3) is 6.17.